The minimum Gasteiger partial charge on any atom is -0.481 e. The summed E-state index contributed by atoms with van der Waals surface area (Å²) >= 11 is 5.79. The van der Waals surface area contributed by atoms with E-state index in [1.807, 2.05) is 0 Å². The quantitative estimate of drug-likeness (QED) is 0.918. The van der Waals surface area contributed by atoms with Crippen molar-refractivity contribution in [2.45, 2.75) is 11.8 Å². The summed E-state index contributed by atoms with van der Waals surface area (Å²) in [5.74, 6) is -2.51. The van der Waals surface area contributed by atoms with Crippen LogP contribution in [0.25, 0.3) is 0 Å². The van der Waals surface area contributed by atoms with Crippen LogP contribution in [-0.2, 0) is 14.8 Å². The van der Waals surface area contributed by atoms with E-state index in [2.05, 4.69) is 0 Å². The first-order valence-corrected chi connectivity index (χ1v) is 7.73. The lowest BCUT2D eigenvalue weighted by Crippen LogP contribution is -2.53. The van der Waals surface area contributed by atoms with Crippen LogP contribution in [0.4, 0.5) is 4.39 Å². The van der Waals surface area contributed by atoms with E-state index in [9.17, 15) is 17.6 Å². The Morgan fingerprint density at radius 3 is 2.65 bits per heavy atom. The molecule has 5 nitrogen and oxygen atoms in total. The predicted molar refractivity (Wildman–Crippen MR) is 70.5 cm³/mol. The zero-order chi connectivity index (χ0) is 15.1. The van der Waals surface area contributed by atoms with Crippen LogP contribution in [0, 0.1) is 17.7 Å². The highest BCUT2D eigenvalue weighted by Crippen LogP contribution is 2.32. The third kappa shape index (κ3) is 2.65. The molecule has 110 valence electrons. The van der Waals surface area contributed by atoms with Gasteiger partial charge >= 0.3 is 5.97 Å². The molecule has 0 aliphatic carbocycles. The maximum atomic E-state index is 13.2. The van der Waals surface area contributed by atoms with Gasteiger partial charge in [-0.25, -0.2) is 12.8 Å². The molecule has 1 N–H and O–H groups in total. The van der Waals surface area contributed by atoms with Crippen LogP contribution in [0.3, 0.4) is 0 Å². The molecule has 1 fully saturated rings. The van der Waals surface area contributed by atoms with E-state index >= 15 is 0 Å². The van der Waals surface area contributed by atoms with Gasteiger partial charge in [0.15, 0.2) is 0 Å². The van der Waals surface area contributed by atoms with Crippen LogP contribution < -0.4 is 0 Å². The molecule has 0 bridgehead atoms. The van der Waals surface area contributed by atoms with Crippen molar-refractivity contribution in [1.82, 2.24) is 4.31 Å². The minimum absolute atomic E-state index is 0.0545. The summed E-state index contributed by atoms with van der Waals surface area (Å²) in [6.45, 7) is 1.73. The van der Waals surface area contributed by atoms with Gasteiger partial charge in [0.1, 0.15) is 10.7 Å². The number of rotatable bonds is 4. The number of carboxylic acid groups (broad SMARTS) is 1. The molecule has 20 heavy (non-hydrogen) atoms. The van der Waals surface area contributed by atoms with Crippen molar-refractivity contribution in [3.63, 3.8) is 0 Å². The van der Waals surface area contributed by atoms with Gasteiger partial charge in [0.05, 0.1) is 10.9 Å². The Hall–Kier alpha value is -1.18. The van der Waals surface area contributed by atoms with Crippen molar-refractivity contribution < 1.29 is 22.7 Å². The second kappa shape index (κ2) is 5.31. The van der Waals surface area contributed by atoms with Gasteiger partial charge in [-0.05, 0) is 24.1 Å². The summed E-state index contributed by atoms with van der Waals surface area (Å²) in [5, 5.41) is 8.81. The maximum Gasteiger partial charge on any atom is 0.306 e. The second-order valence-electron chi connectivity index (χ2n) is 4.78. The Balaban J connectivity index is 2.18. The fraction of sp³-hybridized carbons (Fsp3) is 0.417. The molecule has 2 rings (SSSR count). The molecular weight excluding hydrogens is 309 g/mol. The fourth-order valence-corrected chi connectivity index (χ4v) is 4.04. The van der Waals surface area contributed by atoms with Crippen molar-refractivity contribution in [1.29, 1.82) is 0 Å². The van der Waals surface area contributed by atoms with Crippen molar-refractivity contribution in [3.05, 3.63) is 29.0 Å². The molecule has 0 spiro atoms. The van der Waals surface area contributed by atoms with Crippen LogP contribution in [0.2, 0.25) is 5.02 Å². The largest absolute Gasteiger partial charge is 0.481 e. The topological polar surface area (TPSA) is 74.7 Å². The smallest absolute Gasteiger partial charge is 0.306 e. The van der Waals surface area contributed by atoms with Gasteiger partial charge in [0.2, 0.25) is 10.0 Å². The molecule has 1 aromatic carbocycles. The van der Waals surface area contributed by atoms with Gasteiger partial charge in [0.25, 0.3) is 0 Å². The van der Waals surface area contributed by atoms with E-state index in [0.717, 1.165) is 16.4 Å². The highest BCUT2D eigenvalue weighted by atomic mass is 35.5. The van der Waals surface area contributed by atoms with Gasteiger partial charge in [-0.3, -0.25) is 4.79 Å². The van der Waals surface area contributed by atoms with Gasteiger partial charge in [-0.1, -0.05) is 18.5 Å². The maximum absolute atomic E-state index is 13.2. The second-order valence-corrected chi connectivity index (χ2v) is 7.10. The molecule has 0 amide bonds. The number of nitrogens with zero attached hydrogens (tertiary/aromatic N) is 1. The number of carbonyl (C=O) groups is 1. The molecule has 1 atom stereocenters. The molecule has 0 aromatic heterocycles. The summed E-state index contributed by atoms with van der Waals surface area (Å²) in [6.07, 6.45) is 0. The number of halogens is 2. The average Bonchev–Trinajstić information content (AvgIpc) is 2.29. The molecule has 1 saturated heterocycles. The van der Waals surface area contributed by atoms with Crippen LogP contribution in [0.15, 0.2) is 23.1 Å². The van der Waals surface area contributed by atoms with E-state index in [4.69, 9.17) is 16.7 Å². The summed E-state index contributed by atoms with van der Waals surface area (Å²) in [6, 6.07) is 3.12. The number of hydrogen-bond donors (Lipinski definition) is 1. The fourth-order valence-electron chi connectivity index (χ4n) is 2.00. The molecular formula is C12H13ClFNO4S. The van der Waals surface area contributed by atoms with Crippen molar-refractivity contribution in [3.8, 4) is 0 Å². The van der Waals surface area contributed by atoms with E-state index in [1.165, 1.54) is 13.0 Å². The minimum atomic E-state index is -3.88. The van der Waals surface area contributed by atoms with Crippen LogP contribution in [-0.4, -0.2) is 36.9 Å². The molecule has 1 aromatic rings. The van der Waals surface area contributed by atoms with Gasteiger partial charge < -0.3 is 5.11 Å². The Bertz CT molecular complexity index is 643. The lowest BCUT2D eigenvalue weighted by molar-refractivity contribution is -0.144. The third-order valence-electron chi connectivity index (χ3n) is 3.48. The zero-order valence-electron chi connectivity index (χ0n) is 10.6. The number of carboxylic acids is 1. The third-order valence-corrected chi connectivity index (χ3v) is 5.80. The van der Waals surface area contributed by atoms with Crippen LogP contribution in [0.1, 0.15) is 6.92 Å². The molecule has 0 saturated carbocycles. The lowest BCUT2D eigenvalue weighted by Gasteiger charge is -2.40. The monoisotopic (exact) mass is 321 g/mol. The Morgan fingerprint density at radius 1 is 1.50 bits per heavy atom. The lowest BCUT2D eigenvalue weighted by atomic mass is 9.89. The van der Waals surface area contributed by atoms with Crippen LogP contribution >= 0.6 is 11.6 Å². The average molecular weight is 322 g/mol. The first kappa shape index (κ1) is 15.2. The van der Waals surface area contributed by atoms with E-state index < -0.39 is 27.7 Å². The first-order valence-electron chi connectivity index (χ1n) is 5.91. The Morgan fingerprint density at radius 2 is 2.10 bits per heavy atom. The SMILES string of the molecule is CC(C(=O)O)C1CN(S(=O)(=O)c2cc(F)ccc2Cl)C1. The van der Waals surface area contributed by atoms with Gasteiger partial charge in [-0.15, -0.1) is 0 Å². The van der Waals surface area contributed by atoms with E-state index in [-0.39, 0.29) is 28.9 Å². The van der Waals surface area contributed by atoms with Crippen molar-refractivity contribution in [2.24, 2.45) is 11.8 Å². The van der Waals surface area contributed by atoms with Gasteiger partial charge in [0, 0.05) is 13.1 Å². The summed E-state index contributed by atoms with van der Waals surface area (Å²) < 4.78 is 38.8. The predicted octanol–water partition coefficient (Wildman–Crippen LogP) is 1.82. The summed E-state index contributed by atoms with van der Waals surface area (Å²) in [5.41, 5.74) is 0. The summed E-state index contributed by atoms with van der Waals surface area (Å²) in [7, 11) is -3.88. The van der Waals surface area contributed by atoms with Crippen molar-refractivity contribution >= 4 is 27.6 Å². The van der Waals surface area contributed by atoms with Gasteiger partial charge in [-0.2, -0.15) is 4.31 Å². The highest BCUT2D eigenvalue weighted by Gasteiger charge is 2.41. The molecule has 1 heterocycles. The highest BCUT2D eigenvalue weighted by molar-refractivity contribution is 7.89. The van der Waals surface area contributed by atoms with E-state index in [0.29, 0.717) is 0 Å². The molecule has 1 unspecified atom stereocenters. The number of sulfonamides is 1. The number of benzene rings is 1. The van der Waals surface area contributed by atoms with Crippen LogP contribution in [0.5, 0.6) is 0 Å². The van der Waals surface area contributed by atoms with E-state index in [1.54, 1.807) is 0 Å². The molecule has 0 radical (unpaired) electrons. The standard InChI is InChI=1S/C12H13ClFNO4S/c1-7(12(16)17)8-5-15(6-8)20(18,19)11-4-9(14)2-3-10(11)13/h2-4,7-8H,5-6H2,1H3,(H,16,17). The number of hydrogen-bond acceptors (Lipinski definition) is 3. The molecule has 1 aliphatic rings. The Kier molecular flexibility index (Phi) is 4.04. The zero-order valence-corrected chi connectivity index (χ0v) is 12.2. The Labute approximate surface area is 121 Å². The van der Waals surface area contributed by atoms with Crippen molar-refractivity contribution in [2.75, 3.05) is 13.1 Å². The summed E-state index contributed by atoms with van der Waals surface area (Å²) in [4.78, 5) is 10.5. The molecule has 8 heteroatoms. The normalized spacial score (nSPS) is 18.6. The first-order chi connectivity index (χ1) is 9.23. The number of aliphatic carboxylic acids is 1. The molecule has 1 aliphatic heterocycles.